The molecule has 4 saturated carbocycles. The summed E-state index contributed by atoms with van der Waals surface area (Å²) in [6.45, 7) is 20.7. The van der Waals surface area contributed by atoms with Crippen molar-refractivity contribution in [1.82, 2.24) is 15.1 Å². The topological polar surface area (TPSA) is 124 Å². The summed E-state index contributed by atoms with van der Waals surface area (Å²) >= 11 is 0. The average molecular weight is 826 g/mol. The second-order valence-corrected chi connectivity index (χ2v) is 25.9. The van der Waals surface area contributed by atoms with Gasteiger partial charge in [-0.15, -0.1) is 0 Å². The summed E-state index contributed by atoms with van der Waals surface area (Å²) in [6.07, 6.45) is 13.4. The van der Waals surface area contributed by atoms with E-state index in [0.29, 0.717) is 67.2 Å². The van der Waals surface area contributed by atoms with Crippen LogP contribution in [0.15, 0.2) is 30.3 Å². The summed E-state index contributed by atoms with van der Waals surface area (Å²) in [5, 5.41) is 13.8. The summed E-state index contributed by atoms with van der Waals surface area (Å²) in [4.78, 5) is 16.4. The summed E-state index contributed by atoms with van der Waals surface area (Å²) in [7, 11) is -5.83. The lowest BCUT2D eigenvalue weighted by Gasteiger charge is -2.72. The van der Waals surface area contributed by atoms with Gasteiger partial charge in [0.15, 0.2) is 19.7 Å². The number of hydrogen-bond acceptors (Lipinski definition) is 8. The van der Waals surface area contributed by atoms with Crippen LogP contribution >= 0.6 is 0 Å². The SMILES string of the molecule is CC(CN1CCS(=O)(=O)CC1)[C@@H]1CC[C@]2(NCCN3CCS(=O)(=O)CC3)CC[C@]3(C)[C@H](CC[C@@H]4[C@@]5(C)CC=C(c6ccc(C(=O)O)cc6)C(C)(C)[C@@H]5CC[C@]43C)[C@@H]12. The van der Waals surface area contributed by atoms with Crippen LogP contribution in [0.1, 0.15) is 115 Å². The van der Waals surface area contributed by atoms with Gasteiger partial charge in [0.1, 0.15) is 0 Å². The van der Waals surface area contributed by atoms with Gasteiger partial charge in [-0.25, -0.2) is 21.6 Å². The molecule has 0 aromatic heterocycles. The van der Waals surface area contributed by atoms with Gasteiger partial charge < -0.3 is 20.2 Å². The number of sulfone groups is 2. The molecule has 57 heavy (non-hydrogen) atoms. The molecule has 10 atom stereocenters. The molecule has 1 aromatic carbocycles. The predicted molar refractivity (Wildman–Crippen MR) is 229 cm³/mol. The smallest absolute Gasteiger partial charge is 0.335 e. The minimum Gasteiger partial charge on any atom is -0.478 e. The van der Waals surface area contributed by atoms with E-state index < -0.39 is 25.6 Å². The van der Waals surface area contributed by atoms with Crippen molar-refractivity contribution < 1.29 is 26.7 Å². The van der Waals surface area contributed by atoms with Crippen LogP contribution in [0.5, 0.6) is 0 Å². The first-order valence-electron chi connectivity index (χ1n) is 22.4. The number of aromatic carboxylic acids is 1. The summed E-state index contributed by atoms with van der Waals surface area (Å²) in [5.74, 6) is 3.64. The van der Waals surface area contributed by atoms with Crippen LogP contribution in [-0.4, -0.2) is 112 Å². The van der Waals surface area contributed by atoms with E-state index in [1.54, 1.807) is 12.1 Å². The van der Waals surface area contributed by atoms with Gasteiger partial charge in [0.05, 0.1) is 28.6 Å². The van der Waals surface area contributed by atoms with Gasteiger partial charge in [-0.05, 0) is 138 Å². The number of benzene rings is 1. The fraction of sp³-hybridized carbons (Fsp3) is 0.804. The lowest BCUT2D eigenvalue weighted by molar-refractivity contribution is -0.221. The van der Waals surface area contributed by atoms with Crippen molar-refractivity contribution in [2.24, 2.45) is 57.2 Å². The molecule has 0 amide bonds. The number of fused-ring (bicyclic) bond motifs is 7. The molecule has 1 aromatic rings. The molecule has 2 N–H and O–H groups in total. The lowest BCUT2D eigenvalue weighted by atomic mass is 9.33. The number of nitrogens with one attached hydrogen (secondary N) is 1. The van der Waals surface area contributed by atoms with Crippen molar-refractivity contribution in [3.05, 3.63) is 41.5 Å². The Morgan fingerprint density at radius 3 is 2.05 bits per heavy atom. The van der Waals surface area contributed by atoms with Crippen molar-refractivity contribution in [3.63, 3.8) is 0 Å². The Labute approximate surface area is 344 Å². The number of allylic oxidation sites excluding steroid dienone is 2. The van der Waals surface area contributed by atoms with Crippen molar-refractivity contribution in [2.45, 2.75) is 105 Å². The maximum Gasteiger partial charge on any atom is 0.335 e. The highest BCUT2D eigenvalue weighted by Crippen LogP contribution is 2.76. The van der Waals surface area contributed by atoms with Gasteiger partial charge in [0.2, 0.25) is 0 Å². The quantitative estimate of drug-likeness (QED) is 0.274. The van der Waals surface area contributed by atoms with Crippen LogP contribution in [0.2, 0.25) is 0 Å². The predicted octanol–water partition coefficient (Wildman–Crippen LogP) is 6.90. The molecule has 0 bridgehead atoms. The van der Waals surface area contributed by atoms with Gasteiger partial charge in [-0.1, -0.05) is 59.8 Å². The summed E-state index contributed by atoms with van der Waals surface area (Å²) in [5.41, 5.74) is 3.54. The first kappa shape index (κ1) is 41.9. The molecule has 2 saturated heterocycles. The number of carbonyl (C=O) groups is 1. The first-order chi connectivity index (χ1) is 26.7. The number of carboxylic acids is 1. The molecule has 0 spiro atoms. The Kier molecular flexibility index (Phi) is 10.8. The Balaban J connectivity index is 1.07. The fourth-order valence-electron chi connectivity index (χ4n) is 15.4. The largest absolute Gasteiger partial charge is 0.478 e. The van der Waals surface area contributed by atoms with E-state index in [2.05, 4.69) is 62.7 Å². The molecule has 2 heterocycles. The zero-order valence-electron chi connectivity index (χ0n) is 35.7. The summed E-state index contributed by atoms with van der Waals surface area (Å²) < 4.78 is 49.0. The van der Waals surface area contributed by atoms with E-state index in [1.165, 1.54) is 56.9 Å². The highest BCUT2D eigenvalue weighted by atomic mass is 32.2. The standard InChI is InChI=1S/C46H71N3O6S2/c1-32(31-49-25-29-57(54,55)30-26-49)35-13-18-46(47-21-22-48-23-27-56(52,53)28-24-48)20-19-44(5)37(40(35)46)11-12-39-43(4)16-14-36(33-7-9-34(10-8-33)41(50)51)42(2,3)38(43)15-17-45(39,44)6/h7-10,14,32,35,37-40,47H,11-13,15-31H2,1-6H3,(H,50,51)/t32?,35-,37+,38-,39+,40+,43-,44+,45+,46-/m0/s1. The van der Waals surface area contributed by atoms with Gasteiger partial charge in [-0.3, -0.25) is 0 Å². The Morgan fingerprint density at radius 2 is 1.42 bits per heavy atom. The molecule has 1 unspecified atom stereocenters. The summed E-state index contributed by atoms with van der Waals surface area (Å²) in [6, 6.07) is 7.55. The third kappa shape index (κ3) is 7.11. The monoisotopic (exact) mass is 825 g/mol. The van der Waals surface area contributed by atoms with Crippen LogP contribution in [0.25, 0.3) is 5.57 Å². The Bertz CT molecular complexity index is 1940. The third-order valence-corrected chi connectivity index (χ3v) is 21.8. The number of nitrogens with zero attached hydrogens (tertiary/aromatic N) is 2. The van der Waals surface area contributed by atoms with E-state index in [-0.39, 0.29) is 50.2 Å². The van der Waals surface area contributed by atoms with Gasteiger partial charge >= 0.3 is 5.97 Å². The van der Waals surface area contributed by atoms with Crippen LogP contribution < -0.4 is 5.32 Å². The van der Waals surface area contributed by atoms with E-state index in [0.717, 1.165) is 31.6 Å². The van der Waals surface area contributed by atoms with Crippen LogP contribution in [0, 0.1) is 57.2 Å². The second kappa shape index (κ2) is 14.7. The maximum atomic E-state index is 12.3. The Hall–Kier alpha value is -1.79. The highest BCUT2D eigenvalue weighted by molar-refractivity contribution is 7.91. The van der Waals surface area contributed by atoms with Gasteiger partial charge in [0.25, 0.3) is 0 Å². The molecular formula is C46H71N3O6S2. The molecule has 5 aliphatic carbocycles. The molecule has 8 rings (SSSR count). The molecular weight excluding hydrogens is 755 g/mol. The van der Waals surface area contributed by atoms with Crippen molar-refractivity contribution in [3.8, 4) is 0 Å². The van der Waals surface area contributed by atoms with E-state index in [9.17, 15) is 26.7 Å². The molecule has 9 nitrogen and oxygen atoms in total. The number of hydrogen-bond donors (Lipinski definition) is 2. The highest BCUT2D eigenvalue weighted by Gasteiger charge is 2.70. The van der Waals surface area contributed by atoms with Crippen LogP contribution in [-0.2, 0) is 19.7 Å². The van der Waals surface area contributed by atoms with E-state index >= 15 is 0 Å². The van der Waals surface area contributed by atoms with Crippen LogP contribution in [0.3, 0.4) is 0 Å². The van der Waals surface area contributed by atoms with Crippen molar-refractivity contribution >= 4 is 31.2 Å². The van der Waals surface area contributed by atoms with Gasteiger partial charge in [-0.2, -0.15) is 0 Å². The second-order valence-electron chi connectivity index (χ2n) is 21.3. The molecule has 2 aliphatic heterocycles. The first-order valence-corrected chi connectivity index (χ1v) is 26.0. The fourth-order valence-corrected chi connectivity index (χ4v) is 17.9. The van der Waals surface area contributed by atoms with Crippen molar-refractivity contribution in [2.75, 3.05) is 68.8 Å². The normalized spacial score (nSPS) is 41.8. The molecule has 318 valence electrons. The minimum absolute atomic E-state index is 0.0270. The molecule has 11 heteroatoms. The molecule has 7 aliphatic rings. The van der Waals surface area contributed by atoms with Crippen molar-refractivity contribution in [1.29, 1.82) is 0 Å². The zero-order valence-corrected chi connectivity index (χ0v) is 37.3. The van der Waals surface area contributed by atoms with E-state index in [4.69, 9.17) is 0 Å². The van der Waals surface area contributed by atoms with Crippen LogP contribution in [0.4, 0.5) is 0 Å². The minimum atomic E-state index is -2.92. The number of carboxylic acid groups (broad SMARTS) is 1. The zero-order chi connectivity index (χ0) is 40.8. The molecule has 6 fully saturated rings. The number of rotatable bonds is 9. The third-order valence-electron chi connectivity index (χ3n) is 18.6. The Morgan fingerprint density at radius 1 is 0.789 bits per heavy atom. The van der Waals surface area contributed by atoms with Gasteiger partial charge in [0, 0.05) is 51.4 Å². The van der Waals surface area contributed by atoms with E-state index in [1.807, 2.05) is 12.1 Å². The average Bonchev–Trinajstić information content (AvgIpc) is 3.53. The maximum absolute atomic E-state index is 12.3. The molecule has 0 radical (unpaired) electrons. The lowest BCUT2D eigenvalue weighted by Crippen LogP contribution is -2.68.